The number of carboxylic acid groups (broad SMARTS) is 1. The molecule has 2 aromatic carbocycles. The molecule has 4 aromatic rings. The topological polar surface area (TPSA) is 95.7 Å². The molecule has 0 bridgehead atoms. The van der Waals surface area contributed by atoms with Crippen molar-refractivity contribution in [2.24, 2.45) is 0 Å². The Morgan fingerprint density at radius 1 is 1.07 bits per heavy atom. The number of carbonyl (C=O) groups is 1. The fourth-order valence-corrected chi connectivity index (χ4v) is 3.92. The number of benzene rings is 2. The number of ether oxygens (including phenoxy) is 3. The van der Waals surface area contributed by atoms with Crippen LogP contribution >= 0.6 is 11.3 Å². The van der Waals surface area contributed by atoms with Gasteiger partial charge in [0, 0.05) is 17.7 Å². The number of thiazole rings is 1. The number of aromatic carboxylic acids is 1. The average Bonchev–Trinajstić information content (AvgIpc) is 3.36. The third kappa shape index (κ3) is 3.25. The van der Waals surface area contributed by atoms with Gasteiger partial charge in [-0.25, -0.2) is 14.8 Å². The quantitative estimate of drug-likeness (QED) is 0.514. The third-order valence-corrected chi connectivity index (χ3v) is 5.45. The Kier molecular flexibility index (Phi) is 4.81. The van der Waals surface area contributed by atoms with Crippen molar-refractivity contribution in [3.8, 4) is 33.6 Å². The number of hydrogen-bond acceptors (Lipinski definition) is 7. The minimum Gasteiger partial charge on any atom is -0.497 e. The highest BCUT2D eigenvalue weighted by atomic mass is 32.1. The van der Waals surface area contributed by atoms with Gasteiger partial charge in [-0.1, -0.05) is 23.5 Å². The van der Waals surface area contributed by atoms with Crippen LogP contribution in [-0.4, -0.2) is 46.9 Å². The molecule has 0 aliphatic carbocycles. The number of nitrogens with zero attached hydrogens (tertiary/aromatic N) is 3. The molecule has 1 N–H and O–H groups in total. The Hall–Kier alpha value is -3.59. The number of carboxylic acids is 1. The van der Waals surface area contributed by atoms with Crippen molar-refractivity contribution < 1.29 is 24.1 Å². The second kappa shape index (κ2) is 7.44. The van der Waals surface area contributed by atoms with Gasteiger partial charge in [-0.3, -0.25) is 4.57 Å². The molecule has 29 heavy (non-hydrogen) atoms. The van der Waals surface area contributed by atoms with E-state index in [1.54, 1.807) is 68.6 Å². The number of aromatic nitrogens is 3. The average molecular weight is 411 g/mol. The van der Waals surface area contributed by atoms with Crippen LogP contribution in [0.5, 0.6) is 17.2 Å². The molecule has 0 atom stereocenters. The van der Waals surface area contributed by atoms with Crippen LogP contribution in [0.2, 0.25) is 0 Å². The molecule has 0 saturated heterocycles. The molecule has 4 rings (SSSR count). The zero-order valence-corrected chi connectivity index (χ0v) is 16.7. The molecule has 0 fully saturated rings. The Labute approximate surface area is 169 Å². The smallest absolute Gasteiger partial charge is 0.348 e. The summed E-state index contributed by atoms with van der Waals surface area (Å²) in [6, 6.07) is 10.7. The summed E-state index contributed by atoms with van der Waals surface area (Å²) in [5.74, 6) is 0.686. The molecule has 0 radical (unpaired) electrons. The molecule has 0 aliphatic rings. The molecule has 2 aromatic heterocycles. The van der Waals surface area contributed by atoms with E-state index in [0.717, 1.165) is 16.9 Å². The van der Waals surface area contributed by atoms with E-state index in [9.17, 15) is 9.90 Å². The first-order valence-electron chi connectivity index (χ1n) is 8.53. The zero-order chi connectivity index (χ0) is 20.5. The van der Waals surface area contributed by atoms with E-state index in [4.69, 9.17) is 14.2 Å². The lowest BCUT2D eigenvalue weighted by molar-refractivity contribution is 0.0702. The van der Waals surface area contributed by atoms with E-state index in [0.29, 0.717) is 39.2 Å². The maximum absolute atomic E-state index is 11.9. The van der Waals surface area contributed by atoms with Crippen molar-refractivity contribution >= 4 is 28.3 Å². The third-order valence-electron chi connectivity index (χ3n) is 4.41. The summed E-state index contributed by atoms with van der Waals surface area (Å²) in [5, 5.41) is 10.2. The van der Waals surface area contributed by atoms with Crippen molar-refractivity contribution in [1.82, 2.24) is 14.5 Å². The summed E-state index contributed by atoms with van der Waals surface area (Å²) in [4.78, 5) is 21.0. The van der Waals surface area contributed by atoms with Crippen molar-refractivity contribution in [2.45, 2.75) is 0 Å². The zero-order valence-electron chi connectivity index (χ0n) is 15.9. The number of fused-ring (bicyclic) bond motifs is 1. The van der Waals surface area contributed by atoms with E-state index in [-0.39, 0.29) is 4.88 Å². The number of rotatable bonds is 6. The van der Waals surface area contributed by atoms with E-state index in [1.165, 1.54) is 0 Å². The van der Waals surface area contributed by atoms with Gasteiger partial charge in [-0.05, 0) is 12.1 Å². The van der Waals surface area contributed by atoms with E-state index in [1.807, 2.05) is 0 Å². The standard InChI is InChI=1S/C20H17N3O5S/c1-26-12-6-4-5-11(7-12)17-18(19(24)25)29-20(22-17)23-10-21-13-8-15(27-2)16(28-3)9-14(13)23/h4-10H,1-3H3,(H,24,25). The van der Waals surface area contributed by atoms with Gasteiger partial charge in [-0.15, -0.1) is 0 Å². The van der Waals surface area contributed by atoms with Crippen LogP contribution < -0.4 is 14.2 Å². The summed E-state index contributed by atoms with van der Waals surface area (Å²) in [5.41, 5.74) is 2.44. The summed E-state index contributed by atoms with van der Waals surface area (Å²) in [6.45, 7) is 0. The van der Waals surface area contributed by atoms with Crippen molar-refractivity contribution in [1.29, 1.82) is 0 Å². The molecule has 0 amide bonds. The predicted octanol–water partition coefficient (Wildman–Crippen LogP) is 3.87. The van der Waals surface area contributed by atoms with Crippen LogP contribution in [0.4, 0.5) is 0 Å². The van der Waals surface area contributed by atoms with Crippen LogP contribution in [0, 0.1) is 0 Å². The van der Waals surface area contributed by atoms with Crippen LogP contribution in [0.3, 0.4) is 0 Å². The first kappa shape index (κ1) is 18.8. The molecule has 9 heteroatoms. The van der Waals surface area contributed by atoms with Crippen LogP contribution in [0.1, 0.15) is 9.67 Å². The SMILES string of the molecule is COc1cccc(-c2nc(-n3cnc4cc(OC)c(OC)cc43)sc2C(=O)O)c1. The van der Waals surface area contributed by atoms with Gasteiger partial charge < -0.3 is 19.3 Å². The number of methoxy groups -OCH3 is 3. The monoisotopic (exact) mass is 411 g/mol. The van der Waals surface area contributed by atoms with Gasteiger partial charge in [0.05, 0.1) is 38.1 Å². The van der Waals surface area contributed by atoms with Gasteiger partial charge in [0.2, 0.25) is 0 Å². The Morgan fingerprint density at radius 3 is 2.52 bits per heavy atom. The molecule has 8 nitrogen and oxygen atoms in total. The van der Waals surface area contributed by atoms with Crippen LogP contribution in [0.15, 0.2) is 42.7 Å². The molecule has 0 unspecified atom stereocenters. The molecule has 148 valence electrons. The lowest BCUT2D eigenvalue weighted by Gasteiger charge is -2.07. The van der Waals surface area contributed by atoms with Crippen LogP contribution in [-0.2, 0) is 0 Å². The first-order chi connectivity index (χ1) is 14.0. The molecule has 2 heterocycles. The molecular formula is C20H17N3O5S. The van der Waals surface area contributed by atoms with Gasteiger partial charge in [-0.2, -0.15) is 0 Å². The first-order valence-corrected chi connectivity index (χ1v) is 9.35. The number of imidazole rings is 1. The van der Waals surface area contributed by atoms with Crippen molar-refractivity contribution in [3.63, 3.8) is 0 Å². The summed E-state index contributed by atoms with van der Waals surface area (Å²) in [7, 11) is 4.67. The second-order valence-corrected chi connectivity index (χ2v) is 7.00. The second-order valence-electron chi connectivity index (χ2n) is 6.02. The molecular weight excluding hydrogens is 394 g/mol. The lowest BCUT2D eigenvalue weighted by atomic mass is 10.1. The summed E-state index contributed by atoms with van der Waals surface area (Å²) in [6.07, 6.45) is 1.60. The maximum Gasteiger partial charge on any atom is 0.348 e. The van der Waals surface area contributed by atoms with Gasteiger partial charge in [0.25, 0.3) is 0 Å². The van der Waals surface area contributed by atoms with Gasteiger partial charge in [0.15, 0.2) is 16.6 Å². The minimum atomic E-state index is -1.05. The highest BCUT2D eigenvalue weighted by molar-refractivity contribution is 7.16. The molecule has 0 aliphatic heterocycles. The lowest BCUT2D eigenvalue weighted by Crippen LogP contribution is -1.96. The summed E-state index contributed by atoms with van der Waals surface area (Å²) >= 11 is 1.07. The number of hydrogen-bond donors (Lipinski definition) is 1. The van der Waals surface area contributed by atoms with Gasteiger partial charge in [0.1, 0.15) is 17.0 Å². The van der Waals surface area contributed by atoms with Crippen LogP contribution in [0.25, 0.3) is 27.4 Å². The van der Waals surface area contributed by atoms with E-state index >= 15 is 0 Å². The van der Waals surface area contributed by atoms with Crippen molar-refractivity contribution in [2.75, 3.05) is 21.3 Å². The largest absolute Gasteiger partial charge is 0.497 e. The Morgan fingerprint density at radius 2 is 1.83 bits per heavy atom. The van der Waals surface area contributed by atoms with Crippen molar-refractivity contribution in [3.05, 3.63) is 47.6 Å². The Bertz CT molecular complexity index is 1210. The highest BCUT2D eigenvalue weighted by Crippen LogP contribution is 2.36. The fraction of sp³-hybridized carbons (Fsp3) is 0.150. The fourth-order valence-electron chi connectivity index (χ4n) is 3.01. The van der Waals surface area contributed by atoms with Gasteiger partial charge >= 0.3 is 5.97 Å². The van der Waals surface area contributed by atoms with E-state index < -0.39 is 5.97 Å². The molecule has 0 spiro atoms. The summed E-state index contributed by atoms with van der Waals surface area (Å²) < 4.78 is 17.7. The minimum absolute atomic E-state index is 0.135. The normalized spacial score (nSPS) is 10.9. The Balaban J connectivity index is 1.89. The van der Waals surface area contributed by atoms with E-state index in [2.05, 4.69) is 9.97 Å². The predicted molar refractivity (Wildman–Crippen MR) is 109 cm³/mol. The maximum atomic E-state index is 11.9. The highest BCUT2D eigenvalue weighted by Gasteiger charge is 2.21. The molecule has 0 saturated carbocycles.